The molecule has 0 spiro atoms. The van der Waals surface area contributed by atoms with Gasteiger partial charge in [-0.05, 0) is 50.1 Å². The lowest BCUT2D eigenvalue weighted by molar-refractivity contribution is 0.163. The molecule has 19 heavy (non-hydrogen) atoms. The van der Waals surface area contributed by atoms with Gasteiger partial charge in [-0.3, -0.25) is 0 Å². The topological polar surface area (TPSA) is 45.4 Å². The molecular weight excluding hydrogens is 245 g/mol. The molecule has 2 atom stereocenters. The number of fused-ring (bicyclic) bond motifs is 1. The number of aliphatic hydroxyl groups is 1. The Morgan fingerprint density at radius 1 is 1.32 bits per heavy atom. The van der Waals surface area contributed by atoms with Crippen molar-refractivity contribution < 1.29 is 13.9 Å². The van der Waals surface area contributed by atoms with E-state index in [1.54, 1.807) is 13.0 Å². The third kappa shape index (κ3) is 4.04. The van der Waals surface area contributed by atoms with E-state index in [9.17, 15) is 9.50 Å². The number of benzene rings is 1. The van der Waals surface area contributed by atoms with Crippen LogP contribution in [0.2, 0.25) is 0 Å². The Morgan fingerprint density at radius 3 is 2.84 bits per heavy atom. The Bertz CT molecular complexity index is 536. The summed E-state index contributed by atoms with van der Waals surface area (Å²) in [6.07, 6.45) is 0.504. The van der Waals surface area contributed by atoms with Crippen molar-refractivity contribution in [3.8, 4) is 0 Å². The van der Waals surface area contributed by atoms with E-state index in [4.69, 9.17) is 4.42 Å². The van der Waals surface area contributed by atoms with E-state index in [1.807, 2.05) is 6.07 Å². The van der Waals surface area contributed by atoms with Crippen LogP contribution in [0.15, 0.2) is 28.7 Å². The minimum absolute atomic E-state index is 0.252. The normalized spacial score (nSPS) is 14.7. The SMILES string of the molecule is CC(O)CC(C)CNCc1cc2cc(F)ccc2o1. The summed E-state index contributed by atoms with van der Waals surface area (Å²) in [6, 6.07) is 6.36. The first-order chi connectivity index (χ1) is 9.04. The maximum atomic E-state index is 13.0. The van der Waals surface area contributed by atoms with Gasteiger partial charge in [0, 0.05) is 5.39 Å². The van der Waals surface area contributed by atoms with Gasteiger partial charge in [-0.1, -0.05) is 6.92 Å². The van der Waals surface area contributed by atoms with Crippen molar-refractivity contribution in [3.63, 3.8) is 0 Å². The minimum Gasteiger partial charge on any atom is -0.460 e. The molecule has 2 N–H and O–H groups in total. The van der Waals surface area contributed by atoms with Crippen molar-refractivity contribution in [2.45, 2.75) is 32.9 Å². The van der Waals surface area contributed by atoms with Gasteiger partial charge in [0.05, 0.1) is 12.6 Å². The molecule has 2 unspecified atom stereocenters. The van der Waals surface area contributed by atoms with E-state index in [2.05, 4.69) is 12.2 Å². The van der Waals surface area contributed by atoms with Crippen molar-refractivity contribution in [1.29, 1.82) is 0 Å². The highest BCUT2D eigenvalue weighted by Gasteiger charge is 2.07. The molecule has 0 fully saturated rings. The van der Waals surface area contributed by atoms with Gasteiger partial charge < -0.3 is 14.8 Å². The number of rotatable bonds is 6. The highest BCUT2D eigenvalue weighted by molar-refractivity contribution is 5.77. The summed E-state index contributed by atoms with van der Waals surface area (Å²) in [5.74, 6) is 0.949. The summed E-state index contributed by atoms with van der Waals surface area (Å²) in [7, 11) is 0. The summed E-state index contributed by atoms with van der Waals surface area (Å²) in [5, 5.41) is 13.3. The first kappa shape index (κ1) is 14.0. The van der Waals surface area contributed by atoms with E-state index in [-0.39, 0.29) is 11.9 Å². The average Bonchev–Trinajstić information content (AvgIpc) is 2.69. The van der Waals surface area contributed by atoms with Crippen molar-refractivity contribution >= 4 is 11.0 Å². The molecule has 0 saturated heterocycles. The number of nitrogens with one attached hydrogen (secondary N) is 1. The van der Waals surface area contributed by atoms with Gasteiger partial charge in [-0.25, -0.2) is 4.39 Å². The molecule has 0 bridgehead atoms. The van der Waals surface area contributed by atoms with Crippen LogP contribution in [-0.2, 0) is 6.54 Å². The first-order valence-electron chi connectivity index (χ1n) is 6.61. The lowest BCUT2D eigenvalue weighted by atomic mass is 10.0. The molecular formula is C15H20FNO2. The van der Waals surface area contributed by atoms with Crippen LogP contribution in [0, 0.1) is 11.7 Å². The summed E-state index contributed by atoms with van der Waals surface area (Å²) in [5.41, 5.74) is 0.704. The maximum absolute atomic E-state index is 13.0. The van der Waals surface area contributed by atoms with Gasteiger partial charge in [-0.2, -0.15) is 0 Å². The second-order valence-corrected chi connectivity index (χ2v) is 5.22. The molecule has 0 aliphatic heterocycles. The Hall–Kier alpha value is -1.39. The Labute approximate surface area is 112 Å². The maximum Gasteiger partial charge on any atom is 0.134 e. The van der Waals surface area contributed by atoms with Gasteiger partial charge in [0.15, 0.2) is 0 Å². The van der Waals surface area contributed by atoms with Crippen LogP contribution in [0.5, 0.6) is 0 Å². The largest absolute Gasteiger partial charge is 0.460 e. The first-order valence-corrected chi connectivity index (χ1v) is 6.61. The highest BCUT2D eigenvalue weighted by atomic mass is 19.1. The number of hydrogen-bond acceptors (Lipinski definition) is 3. The molecule has 1 aromatic heterocycles. The van der Waals surface area contributed by atoms with Crippen LogP contribution < -0.4 is 5.32 Å². The fraction of sp³-hybridized carbons (Fsp3) is 0.467. The zero-order chi connectivity index (χ0) is 13.8. The van der Waals surface area contributed by atoms with Crippen LogP contribution >= 0.6 is 0 Å². The van der Waals surface area contributed by atoms with Crippen LogP contribution in [0.4, 0.5) is 4.39 Å². The molecule has 1 aromatic carbocycles. The van der Waals surface area contributed by atoms with E-state index >= 15 is 0 Å². The van der Waals surface area contributed by atoms with Crippen LogP contribution in [-0.4, -0.2) is 17.8 Å². The summed E-state index contributed by atoms with van der Waals surface area (Å²) < 4.78 is 18.7. The molecule has 0 saturated carbocycles. The molecule has 0 amide bonds. The van der Waals surface area contributed by atoms with Crippen LogP contribution in [0.1, 0.15) is 26.0 Å². The lowest BCUT2D eigenvalue weighted by Crippen LogP contribution is -2.22. The van der Waals surface area contributed by atoms with Crippen LogP contribution in [0.3, 0.4) is 0 Å². The molecule has 4 heteroatoms. The molecule has 104 valence electrons. The Balaban J connectivity index is 1.88. The molecule has 0 aliphatic carbocycles. The summed E-state index contributed by atoms with van der Waals surface area (Å²) in [4.78, 5) is 0. The number of furan rings is 1. The van der Waals surface area contributed by atoms with Crippen molar-refractivity contribution in [3.05, 3.63) is 35.8 Å². The smallest absolute Gasteiger partial charge is 0.134 e. The average molecular weight is 265 g/mol. The van der Waals surface area contributed by atoms with Crippen molar-refractivity contribution in [1.82, 2.24) is 5.32 Å². The lowest BCUT2D eigenvalue weighted by Gasteiger charge is -2.13. The quantitative estimate of drug-likeness (QED) is 0.843. The number of hydrogen-bond donors (Lipinski definition) is 2. The van der Waals surface area contributed by atoms with Gasteiger partial charge in [0.25, 0.3) is 0 Å². The number of halogens is 1. The fourth-order valence-electron chi connectivity index (χ4n) is 2.26. The molecule has 0 radical (unpaired) electrons. The van der Waals surface area contributed by atoms with Gasteiger partial charge in [0.2, 0.25) is 0 Å². The number of aliphatic hydroxyl groups excluding tert-OH is 1. The predicted molar refractivity (Wildman–Crippen MR) is 73.3 cm³/mol. The monoisotopic (exact) mass is 265 g/mol. The van der Waals surface area contributed by atoms with E-state index < -0.39 is 0 Å². The molecule has 3 nitrogen and oxygen atoms in total. The van der Waals surface area contributed by atoms with E-state index in [0.29, 0.717) is 18.0 Å². The van der Waals surface area contributed by atoms with E-state index in [1.165, 1.54) is 12.1 Å². The molecule has 2 rings (SSSR count). The van der Waals surface area contributed by atoms with Gasteiger partial charge >= 0.3 is 0 Å². The Morgan fingerprint density at radius 2 is 2.11 bits per heavy atom. The second-order valence-electron chi connectivity index (χ2n) is 5.22. The summed E-state index contributed by atoms with van der Waals surface area (Å²) in [6.45, 7) is 5.31. The zero-order valence-corrected chi connectivity index (χ0v) is 11.3. The summed E-state index contributed by atoms with van der Waals surface area (Å²) >= 11 is 0. The minimum atomic E-state index is -0.272. The van der Waals surface area contributed by atoms with Crippen molar-refractivity contribution in [2.75, 3.05) is 6.54 Å². The van der Waals surface area contributed by atoms with E-state index in [0.717, 1.165) is 24.1 Å². The van der Waals surface area contributed by atoms with Gasteiger partial charge in [0.1, 0.15) is 17.2 Å². The van der Waals surface area contributed by atoms with Gasteiger partial charge in [-0.15, -0.1) is 0 Å². The van der Waals surface area contributed by atoms with Crippen molar-refractivity contribution in [2.24, 2.45) is 5.92 Å². The third-order valence-electron chi connectivity index (χ3n) is 3.06. The fourth-order valence-corrected chi connectivity index (χ4v) is 2.26. The zero-order valence-electron chi connectivity index (χ0n) is 11.3. The highest BCUT2D eigenvalue weighted by Crippen LogP contribution is 2.20. The third-order valence-corrected chi connectivity index (χ3v) is 3.06. The predicted octanol–water partition coefficient (Wildman–Crippen LogP) is 3.07. The molecule has 2 aromatic rings. The Kier molecular flexibility index (Phi) is 4.56. The van der Waals surface area contributed by atoms with Crippen LogP contribution in [0.25, 0.3) is 11.0 Å². The standard InChI is InChI=1S/C15H20FNO2/c1-10(5-11(2)18)8-17-9-14-7-12-6-13(16)3-4-15(12)19-14/h3-4,6-7,10-11,17-18H,5,8-9H2,1-2H3. The molecule has 0 aliphatic rings. The second kappa shape index (κ2) is 6.17. The molecule has 1 heterocycles.